The summed E-state index contributed by atoms with van der Waals surface area (Å²) in [5.41, 5.74) is 4.63. The summed E-state index contributed by atoms with van der Waals surface area (Å²) in [6, 6.07) is 13.3. The van der Waals surface area contributed by atoms with E-state index in [0.29, 0.717) is 45.5 Å². The Morgan fingerprint density at radius 2 is 1.81 bits per heavy atom. The van der Waals surface area contributed by atoms with Gasteiger partial charge in [0.2, 0.25) is 5.88 Å². The van der Waals surface area contributed by atoms with Crippen molar-refractivity contribution in [1.82, 2.24) is 34.3 Å². The monoisotopic (exact) mass is 783 g/mol. The Labute approximate surface area is 319 Å². The fourth-order valence-electron chi connectivity index (χ4n) is 7.35. The van der Waals surface area contributed by atoms with Crippen LogP contribution in [0.2, 0.25) is 5.02 Å². The van der Waals surface area contributed by atoms with Crippen molar-refractivity contribution >= 4 is 40.5 Å². The second-order valence-corrected chi connectivity index (χ2v) is 13.4. The van der Waals surface area contributed by atoms with Gasteiger partial charge in [0, 0.05) is 42.5 Å². The van der Waals surface area contributed by atoms with Crippen LogP contribution in [0.4, 0.5) is 20.3 Å². The Hall–Kier alpha value is -4.69. The summed E-state index contributed by atoms with van der Waals surface area (Å²) < 4.78 is 35.6. The minimum Gasteiger partial charge on any atom is -0.554 e. The summed E-state index contributed by atoms with van der Waals surface area (Å²) in [5, 5.41) is 6.08. The van der Waals surface area contributed by atoms with Gasteiger partial charge in [-0.15, -0.1) is 13.1 Å². The molecule has 1 aliphatic heterocycles. The summed E-state index contributed by atoms with van der Waals surface area (Å²) >= 11 is 7.18. The van der Waals surface area contributed by atoms with Crippen molar-refractivity contribution in [3.05, 3.63) is 96.8 Å². The zero-order chi connectivity index (χ0) is 36.8. The molecular formula is C37H35ClF2MnN8O4. The molecule has 1 radical (unpaired) electrons. The summed E-state index contributed by atoms with van der Waals surface area (Å²) in [7, 11) is 4.28. The Morgan fingerprint density at radius 3 is 2.55 bits per heavy atom. The predicted molar refractivity (Wildman–Crippen MR) is 194 cm³/mol. The number of aryl methyl sites for hydroxylation is 2. The number of nitrogens with zero attached hydrogens (tertiary/aromatic N) is 6. The maximum Gasteiger partial charge on any atom is 2.00 e. The third-order valence-corrected chi connectivity index (χ3v) is 10.4. The number of pyridine rings is 1. The van der Waals surface area contributed by atoms with E-state index in [9.17, 15) is 23.2 Å². The average molecular weight is 784 g/mol. The number of likely N-dealkylation sites (tertiary alicyclic amines) is 1. The fourth-order valence-corrected chi connectivity index (χ4v) is 7.68. The van der Waals surface area contributed by atoms with E-state index in [1.165, 1.54) is 20.0 Å². The number of amides is 1. The van der Waals surface area contributed by atoms with Gasteiger partial charge in [0.05, 0.1) is 17.8 Å². The van der Waals surface area contributed by atoms with Gasteiger partial charge in [-0.3, -0.25) is 19.8 Å². The normalized spacial score (nSPS) is 15.8. The number of aromatic nitrogens is 5. The van der Waals surface area contributed by atoms with Gasteiger partial charge in [-0.05, 0) is 55.1 Å². The first kappa shape index (κ1) is 38.0. The third-order valence-electron chi connectivity index (χ3n) is 10.0. The van der Waals surface area contributed by atoms with Gasteiger partial charge in [-0.2, -0.15) is 12.8 Å². The van der Waals surface area contributed by atoms with E-state index in [2.05, 4.69) is 31.6 Å². The number of alkyl halides is 2. The van der Waals surface area contributed by atoms with Crippen molar-refractivity contribution in [2.75, 3.05) is 32.1 Å². The van der Waals surface area contributed by atoms with E-state index < -0.39 is 23.5 Å². The van der Waals surface area contributed by atoms with Crippen molar-refractivity contribution in [2.24, 2.45) is 14.1 Å². The zero-order valence-corrected chi connectivity index (χ0v) is 31.2. The molecule has 0 spiro atoms. The van der Waals surface area contributed by atoms with E-state index in [0.717, 1.165) is 58.2 Å². The number of halogens is 3. The van der Waals surface area contributed by atoms with Crippen LogP contribution in [0.5, 0.6) is 5.88 Å². The number of carbonyl (C=O) groups excluding carboxylic acids is 1. The van der Waals surface area contributed by atoms with E-state index >= 15 is 0 Å². The molecule has 2 aliphatic rings. The summed E-state index contributed by atoms with van der Waals surface area (Å²) in [6.07, 6.45) is 1.40. The molecule has 0 bridgehead atoms. The first-order valence-electron chi connectivity index (χ1n) is 16.7. The molecule has 16 heteroatoms. The first-order chi connectivity index (χ1) is 25.0. The third kappa shape index (κ3) is 6.82. The van der Waals surface area contributed by atoms with Crippen LogP contribution >= 0.6 is 11.6 Å². The number of ether oxygens (including phenoxy) is 1. The average Bonchev–Trinajstić information content (AvgIpc) is 3.80. The molecule has 2 N–H and O–H groups in total. The van der Waals surface area contributed by atoms with Crippen molar-refractivity contribution < 1.29 is 35.4 Å². The minimum atomic E-state index is -3.04. The Bertz CT molecular complexity index is 2350. The number of fused-ring (bicyclic) bond motifs is 2. The van der Waals surface area contributed by atoms with Crippen molar-refractivity contribution in [3.8, 4) is 28.3 Å². The Morgan fingerprint density at radius 1 is 1.08 bits per heavy atom. The van der Waals surface area contributed by atoms with Gasteiger partial charge in [-0.25, -0.2) is 28.5 Å². The van der Waals surface area contributed by atoms with E-state index in [-0.39, 0.29) is 40.0 Å². The Kier molecular flexibility index (Phi) is 11.0. The zero-order valence-electron chi connectivity index (χ0n) is 29.3. The number of hydrogen-bond donors (Lipinski definition) is 2. The van der Waals surface area contributed by atoms with E-state index in [1.54, 1.807) is 25.7 Å². The van der Waals surface area contributed by atoms with Gasteiger partial charge >= 0.3 is 22.8 Å². The standard InChI is InChI=1S/C37H35ClF2N8O4.Mn/c1-19-22(7-6-10-25(19)42-32-29-34(45-33(44-32)31(39)40)46(2)37(51)47(3)36(29)50)23-8-5-9-24(30(23)38)26-15-21-11-12-27(28(21)35(43-26)52-4)48-14-13-20(17-48)16-41-18-49;/h5-10,15,27,31H,11-14,16-17H2,1-4H3,(H,41,49)(H,42,44,45);/q-2;+2. The molecule has 4 heterocycles. The van der Waals surface area contributed by atoms with Crippen molar-refractivity contribution in [1.29, 1.82) is 0 Å². The van der Waals surface area contributed by atoms with E-state index in [4.69, 9.17) is 21.3 Å². The molecule has 3 aromatic heterocycles. The number of methoxy groups -OCH3 is 1. The molecular weight excluding hydrogens is 749 g/mol. The molecule has 0 saturated carbocycles. The molecule has 2 aromatic carbocycles. The molecule has 12 nitrogen and oxygen atoms in total. The smallest absolute Gasteiger partial charge is 0.554 e. The summed E-state index contributed by atoms with van der Waals surface area (Å²) in [4.78, 5) is 51.7. The topological polar surface area (TPSA) is 136 Å². The van der Waals surface area contributed by atoms with Crippen LogP contribution in [0.15, 0.2) is 52.1 Å². The number of rotatable bonds is 10. The molecule has 5 aromatic rings. The second-order valence-electron chi connectivity index (χ2n) is 13.0. The minimum absolute atomic E-state index is 0. The first-order valence-corrected chi connectivity index (χ1v) is 17.1. The van der Waals surface area contributed by atoms with Crippen LogP contribution in [0.3, 0.4) is 0 Å². The SMILES string of the molecule is COc1nc(-c2cccc(-c3cccc(Nc4nc(C(F)F)nc5c4c(=O)n(C)c(=O)n5C)c3C)c2Cl)cc2c1C(N1CC[C-](CN[C-]=O)C1)CC2.[Mn+2]. The maximum atomic E-state index is 13.9. The maximum absolute atomic E-state index is 13.9. The fraction of sp³-hybridized carbons (Fsp3) is 0.324. The van der Waals surface area contributed by atoms with Crippen LogP contribution in [0.25, 0.3) is 33.4 Å². The van der Waals surface area contributed by atoms with Crippen LogP contribution in [-0.4, -0.2) is 62.1 Å². The molecule has 1 unspecified atom stereocenters. The summed E-state index contributed by atoms with van der Waals surface area (Å²) in [5.74, 6) is 0.845. The molecule has 1 aliphatic carbocycles. The van der Waals surface area contributed by atoms with E-state index in [1.807, 2.05) is 31.2 Å². The molecule has 1 atom stereocenters. The molecule has 1 fully saturated rings. The number of nitrogens with one attached hydrogen (secondary N) is 2. The van der Waals surface area contributed by atoms with Crippen LogP contribution in [-0.2, 0) is 42.4 Å². The number of hydrogen-bond acceptors (Lipinski definition) is 9. The predicted octanol–water partition coefficient (Wildman–Crippen LogP) is 5.33. The van der Waals surface area contributed by atoms with Gasteiger partial charge in [0.1, 0.15) is 11.2 Å². The van der Waals surface area contributed by atoms with Crippen LogP contribution in [0, 0.1) is 12.8 Å². The Balaban J connectivity index is 0.00000481. The largest absolute Gasteiger partial charge is 2.00 e. The molecule has 53 heavy (non-hydrogen) atoms. The molecule has 1 amide bonds. The quantitative estimate of drug-likeness (QED) is 0.110. The molecule has 275 valence electrons. The van der Waals surface area contributed by atoms with Crippen molar-refractivity contribution in [2.45, 2.75) is 38.7 Å². The number of anilines is 2. The number of benzene rings is 2. The van der Waals surface area contributed by atoms with Gasteiger partial charge in [0.25, 0.3) is 12.0 Å². The molecule has 7 rings (SSSR count). The van der Waals surface area contributed by atoms with Crippen molar-refractivity contribution in [3.63, 3.8) is 0 Å². The summed E-state index contributed by atoms with van der Waals surface area (Å²) in [6.45, 7) is 4.06. The second kappa shape index (κ2) is 15.3. The van der Waals surface area contributed by atoms with Gasteiger partial charge in [-0.1, -0.05) is 41.9 Å². The molecule has 1 saturated heterocycles. The van der Waals surface area contributed by atoms with Crippen LogP contribution < -0.4 is 26.6 Å². The van der Waals surface area contributed by atoms with Gasteiger partial charge < -0.3 is 25.1 Å². The van der Waals surface area contributed by atoms with Crippen LogP contribution in [0.1, 0.15) is 47.8 Å². The van der Waals surface area contributed by atoms with Gasteiger partial charge in [0.15, 0.2) is 11.5 Å².